The Kier molecular flexibility index (Phi) is 9.39. The van der Waals surface area contributed by atoms with Crippen molar-refractivity contribution in [3.63, 3.8) is 0 Å². The Morgan fingerprint density at radius 1 is 1.03 bits per heavy atom. The summed E-state index contributed by atoms with van der Waals surface area (Å²) < 4.78 is 16.4. The van der Waals surface area contributed by atoms with Crippen LogP contribution in [0.5, 0.6) is 11.5 Å². The summed E-state index contributed by atoms with van der Waals surface area (Å²) in [4.78, 5) is 21.3. The molecule has 0 spiro atoms. The van der Waals surface area contributed by atoms with Gasteiger partial charge in [0.15, 0.2) is 0 Å². The predicted octanol–water partition coefficient (Wildman–Crippen LogP) is 4.32. The van der Waals surface area contributed by atoms with Crippen molar-refractivity contribution in [2.24, 2.45) is 0 Å². The summed E-state index contributed by atoms with van der Waals surface area (Å²) >= 11 is 0. The van der Waals surface area contributed by atoms with Crippen LogP contribution in [0, 0.1) is 11.3 Å². The first-order chi connectivity index (χ1) is 17.1. The average molecular weight is 476 g/mol. The molecule has 0 saturated carbocycles. The highest BCUT2D eigenvalue weighted by atomic mass is 16.5. The van der Waals surface area contributed by atoms with E-state index >= 15 is 0 Å². The fourth-order valence-electron chi connectivity index (χ4n) is 3.26. The third-order valence-corrected chi connectivity index (χ3v) is 4.98. The minimum Gasteiger partial charge on any atom is -0.495 e. The predicted molar refractivity (Wildman–Crippen MR) is 133 cm³/mol. The summed E-state index contributed by atoms with van der Waals surface area (Å²) in [5.74, 6) is 1.20. The number of carbonyl (C=O) groups excluding carboxylic acids is 1. The number of benzene rings is 2. The van der Waals surface area contributed by atoms with E-state index in [4.69, 9.17) is 14.2 Å². The van der Waals surface area contributed by atoms with Gasteiger partial charge in [0.25, 0.3) is 5.91 Å². The summed E-state index contributed by atoms with van der Waals surface area (Å²) in [5, 5.41) is 15.2. The Labute approximate surface area is 205 Å². The number of nitriles is 1. The monoisotopic (exact) mass is 475 g/mol. The second-order valence-corrected chi connectivity index (χ2v) is 7.46. The van der Waals surface area contributed by atoms with Crippen molar-refractivity contribution >= 4 is 17.5 Å². The number of anilines is 2. The van der Waals surface area contributed by atoms with E-state index < -0.39 is 0 Å². The van der Waals surface area contributed by atoms with Gasteiger partial charge in [-0.25, -0.2) is 9.97 Å². The molecule has 35 heavy (non-hydrogen) atoms. The summed E-state index contributed by atoms with van der Waals surface area (Å²) in [6.07, 6.45) is 4.28. The van der Waals surface area contributed by atoms with E-state index in [9.17, 15) is 10.1 Å². The second-order valence-electron chi connectivity index (χ2n) is 7.46. The molecule has 1 amide bonds. The Balaban J connectivity index is 1.73. The Hall–Kier alpha value is -4.16. The number of nitrogens with zero attached hydrogens (tertiary/aromatic N) is 3. The standard InChI is InChI=1S/C26H29N5O4/c1-4-11-34-12-10-28-25(32)19-8-9-23(33-3)22(13-19)31-26-29-16-21(17-30-26)18-6-7-20(15-27)24(14-18)35-5-2/h6-9,13-14,16-17H,4-5,10-12H2,1-3H3,(H,28,32)(H,29,30,31). The first kappa shape index (κ1) is 25.5. The van der Waals surface area contributed by atoms with Gasteiger partial charge in [-0.1, -0.05) is 13.0 Å². The molecule has 3 rings (SSSR count). The van der Waals surface area contributed by atoms with Gasteiger partial charge in [-0.15, -0.1) is 0 Å². The lowest BCUT2D eigenvalue weighted by molar-refractivity contribution is 0.0915. The van der Waals surface area contributed by atoms with Crippen molar-refractivity contribution < 1.29 is 19.0 Å². The van der Waals surface area contributed by atoms with Crippen LogP contribution in [0.4, 0.5) is 11.6 Å². The normalized spacial score (nSPS) is 10.3. The first-order valence-electron chi connectivity index (χ1n) is 11.4. The lowest BCUT2D eigenvalue weighted by atomic mass is 10.1. The van der Waals surface area contributed by atoms with Gasteiger partial charge in [-0.05, 0) is 49.2 Å². The van der Waals surface area contributed by atoms with Crippen LogP contribution < -0.4 is 20.1 Å². The van der Waals surface area contributed by atoms with Crippen molar-refractivity contribution in [3.05, 3.63) is 59.9 Å². The molecule has 1 aromatic heterocycles. The van der Waals surface area contributed by atoms with Crippen LogP contribution in [-0.2, 0) is 4.74 Å². The molecule has 0 atom stereocenters. The minimum atomic E-state index is -0.210. The molecule has 9 heteroatoms. The van der Waals surface area contributed by atoms with Crippen LogP contribution in [0.3, 0.4) is 0 Å². The number of rotatable bonds is 12. The molecule has 0 aliphatic rings. The Morgan fingerprint density at radius 3 is 2.51 bits per heavy atom. The molecule has 0 aliphatic carbocycles. The van der Waals surface area contributed by atoms with Gasteiger partial charge in [0.2, 0.25) is 5.95 Å². The number of nitrogens with one attached hydrogen (secondary N) is 2. The zero-order chi connectivity index (χ0) is 25.0. The van der Waals surface area contributed by atoms with E-state index in [0.717, 1.165) is 17.5 Å². The number of aromatic nitrogens is 2. The van der Waals surface area contributed by atoms with Crippen LogP contribution in [0.1, 0.15) is 36.2 Å². The molecular weight excluding hydrogens is 446 g/mol. The van der Waals surface area contributed by atoms with Gasteiger partial charge in [0, 0.05) is 36.7 Å². The van der Waals surface area contributed by atoms with Gasteiger partial charge in [0.1, 0.15) is 17.6 Å². The molecule has 0 aliphatic heterocycles. The summed E-state index contributed by atoms with van der Waals surface area (Å²) in [5.41, 5.74) is 3.11. The lowest BCUT2D eigenvalue weighted by Gasteiger charge is -2.13. The minimum absolute atomic E-state index is 0.210. The van der Waals surface area contributed by atoms with E-state index in [-0.39, 0.29) is 5.91 Å². The van der Waals surface area contributed by atoms with E-state index in [1.807, 2.05) is 19.9 Å². The molecule has 0 radical (unpaired) electrons. The molecule has 0 fully saturated rings. The van der Waals surface area contributed by atoms with Crippen molar-refractivity contribution in [3.8, 4) is 28.7 Å². The fraction of sp³-hybridized carbons (Fsp3) is 0.308. The number of ether oxygens (including phenoxy) is 3. The maximum Gasteiger partial charge on any atom is 0.251 e. The van der Waals surface area contributed by atoms with Crippen molar-refractivity contribution in [1.82, 2.24) is 15.3 Å². The molecular formula is C26H29N5O4. The second kappa shape index (κ2) is 12.9. The van der Waals surface area contributed by atoms with Crippen LogP contribution in [0.15, 0.2) is 48.8 Å². The molecule has 182 valence electrons. The zero-order valence-corrected chi connectivity index (χ0v) is 20.1. The number of methoxy groups -OCH3 is 1. The van der Waals surface area contributed by atoms with Crippen LogP contribution in [0.25, 0.3) is 11.1 Å². The zero-order valence-electron chi connectivity index (χ0n) is 20.1. The smallest absolute Gasteiger partial charge is 0.251 e. The van der Waals surface area contributed by atoms with Gasteiger partial charge >= 0.3 is 0 Å². The topological polar surface area (TPSA) is 118 Å². The number of carbonyl (C=O) groups is 1. The third-order valence-electron chi connectivity index (χ3n) is 4.98. The van der Waals surface area contributed by atoms with Crippen molar-refractivity contribution in [2.45, 2.75) is 20.3 Å². The Bertz CT molecular complexity index is 1180. The molecule has 0 bridgehead atoms. The summed E-state index contributed by atoms with van der Waals surface area (Å²) in [7, 11) is 1.55. The highest BCUT2D eigenvalue weighted by Crippen LogP contribution is 2.29. The molecule has 3 aromatic rings. The van der Waals surface area contributed by atoms with Gasteiger partial charge in [0.05, 0.1) is 31.6 Å². The van der Waals surface area contributed by atoms with Crippen LogP contribution in [0.2, 0.25) is 0 Å². The SMILES string of the molecule is CCCOCCNC(=O)c1ccc(OC)c(Nc2ncc(-c3ccc(C#N)c(OCC)c3)cn2)c1. The van der Waals surface area contributed by atoms with Gasteiger partial charge in [-0.3, -0.25) is 4.79 Å². The van der Waals surface area contributed by atoms with E-state index in [1.165, 1.54) is 0 Å². The molecule has 2 aromatic carbocycles. The van der Waals surface area contributed by atoms with Crippen molar-refractivity contribution in [2.75, 3.05) is 38.8 Å². The van der Waals surface area contributed by atoms with Gasteiger partial charge < -0.3 is 24.8 Å². The van der Waals surface area contributed by atoms with E-state index in [2.05, 4.69) is 26.7 Å². The summed E-state index contributed by atoms with van der Waals surface area (Å²) in [6.45, 7) is 5.93. The summed E-state index contributed by atoms with van der Waals surface area (Å²) in [6, 6.07) is 12.6. The highest BCUT2D eigenvalue weighted by molar-refractivity contribution is 5.95. The largest absolute Gasteiger partial charge is 0.495 e. The first-order valence-corrected chi connectivity index (χ1v) is 11.4. The van der Waals surface area contributed by atoms with E-state index in [1.54, 1.807) is 49.8 Å². The molecule has 0 unspecified atom stereocenters. The quantitative estimate of drug-likeness (QED) is 0.372. The lowest BCUT2D eigenvalue weighted by Crippen LogP contribution is -2.27. The van der Waals surface area contributed by atoms with E-state index in [0.29, 0.717) is 60.6 Å². The van der Waals surface area contributed by atoms with Crippen LogP contribution >= 0.6 is 0 Å². The molecule has 9 nitrogen and oxygen atoms in total. The molecule has 2 N–H and O–H groups in total. The maximum atomic E-state index is 12.5. The maximum absolute atomic E-state index is 12.5. The highest BCUT2D eigenvalue weighted by Gasteiger charge is 2.12. The number of hydrogen-bond acceptors (Lipinski definition) is 8. The molecule has 0 saturated heterocycles. The van der Waals surface area contributed by atoms with Gasteiger partial charge in [-0.2, -0.15) is 5.26 Å². The Morgan fingerprint density at radius 2 is 1.83 bits per heavy atom. The number of hydrogen-bond donors (Lipinski definition) is 2. The third kappa shape index (κ3) is 6.91. The number of amides is 1. The average Bonchev–Trinajstić information content (AvgIpc) is 2.89. The molecule has 1 heterocycles. The van der Waals surface area contributed by atoms with Crippen LogP contribution in [-0.4, -0.2) is 49.4 Å². The van der Waals surface area contributed by atoms with Crippen molar-refractivity contribution in [1.29, 1.82) is 5.26 Å². The fourth-order valence-corrected chi connectivity index (χ4v) is 3.26.